The van der Waals surface area contributed by atoms with E-state index >= 15 is 0 Å². The molecule has 0 radical (unpaired) electrons. The Morgan fingerprint density at radius 1 is 0.935 bits per heavy atom. The number of pyridine rings is 2. The van der Waals surface area contributed by atoms with Crippen LogP contribution in [0.3, 0.4) is 0 Å². The van der Waals surface area contributed by atoms with Gasteiger partial charge in [-0.3, -0.25) is 9.97 Å². The minimum atomic E-state index is -4.82. The lowest BCUT2D eigenvalue weighted by molar-refractivity contribution is -0.141. The molecule has 0 N–H and O–H groups in total. The Balaban J connectivity index is 2.14. The van der Waals surface area contributed by atoms with E-state index in [0.717, 1.165) is 18.3 Å². The Morgan fingerprint density at radius 2 is 1.58 bits per heavy atom. The molecule has 3 aromatic rings. The smallest absolute Gasteiger partial charge is 0.309 e. The van der Waals surface area contributed by atoms with Gasteiger partial charge in [-0.05, 0) is 18.2 Å². The highest BCUT2D eigenvalue weighted by molar-refractivity contribution is 7.91. The van der Waals surface area contributed by atoms with Gasteiger partial charge in [-0.1, -0.05) is 6.92 Å². The summed E-state index contributed by atoms with van der Waals surface area (Å²) < 4.78 is 103. The van der Waals surface area contributed by atoms with Gasteiger partial charge < -0.3 is 4.57 Å². The third-order valence-corrected chi connectivity index (χ3v) is 6.04. The van der Waals surface area contributed by atoms with E-state index in [9.17, 15) is 34.8 Å². The SMILES string of the molecule is CCS(=O)(=O)c1cc(C(F)(F)F)cnc1-c1nnc(-c2ccc(C(F)(F)F)nc2)n1C. The van der Waals surface area contributed by atoms with Gasteiger partial charge in [0.05, 0.1) is 16.2 Å². The Hall–Kier alpha value is -3.03. The van der Waals surface area contributed by atoms with Crippen LogP contribution in [0, 0.1) is 0 Å². The fraction of sp³-hybridized carbons (Fsp3) is 0.294. The third-order valence-electron chi connectivity index (χ3n) is 4.29. The Morgan fingerprint density at radius 3 is 2.10 bits per heavy atom. The molecule has 0 aromatic carbocycles. The first-order valence-corrected chi connectivity index (χ1v) is 10.1. The van der Waals surface area contributed by atoms with E-state index in [4.69, 9.17) is 0 Å². The number of hydrogen-bond donors (Lipinski definition) is 0. The van der Waals surface area contributed by atoms with Crippen LogP contribution in [0.4, 0.5) is 26.3 Å². The minimum absolute atomic E-state index is 0.0118. The second kappa shape index (κ2) is 7.59. The standard InChI is InChI=1S/C17H13F6N5O2S/c1-3-31(29,30)11-6-10(16(18,19)20)8-25-13(11)15-27-26-14(28(15)2)9-4-5-12(24-7-9)17(21,22)23/h4-8H,3H2,1-2H3. The first kappa shape index (κ1) is 22.7. The van der Waals surface area contributed by atoms with Crippen LogP contribution in [0.5, 0.6) is 0 Å². The summed E-state index contributed by atoms with van der Waals surface area (Å²) in [5, 5.41) is 7.60. The topological polar surface area (TPSA) is 90.6 Å². The molecule has 166 valence electrons. The van der Waals surface area contributed by atoms with Crippen molar-refractivity contribution in [2.24, 2.45) is 7.05 Å². The molecule has 14 heteroatoms. The predicted octanol–water partition coefficient (Wildman–Crippen LogP) is 3.77. The van der Waals surface area contributed by atoms with Crippen molar-refractivity contribution in [2.45, 2.75) is 24.2 Å². The summed E-state index contributed by atoms with van der Waals surface area (Å²) in [6.07, 6.45) is -8.09. The molecule has 0 unspecified atom stereocenters. The predicted molar refractivity (Wildman–Crippen MR) is 95.2 cm³/mol. The van der Waals surface area contributed by atoms with Gasteiger partial charge in [-0.2, -0.15) is 26.3 Å². The van der Waals surface area contributed by atoms with Gasteiger partial charge in [0.2, 0.25) is 0 Å². The van der Waals surface area contributed by atoms with Crippen LogP contribution in [0.2, 0.25) is 0 Å². The van der Waals surface area contributed by atoms with E-state index < -0.39 is 44.1 Å². The summed E-state index contributed by atoms with van der Waals surface area (Å²) in [7, 11) is -2.77. The van der Waals surface area contributed by atoms with Gasteiger partial charge in [0.1, 0.15) is 11.4 Å². The number of halogens is 6. The van der Waals surface area contributed by atoms with Crippen molar-refractivity contribution in [3.8, 4) is 22.9 Å². The molecule has 0 aliphatic heterocycles. The summed E-state index contributed by atoms with van der Waals surface area (Å²) in [5.41, 5.74) is -2.62. The van der Waals surface area contributed by atoms with Crippen LogP contribution in [-0.2, 0) is 29.2 Å². The van der Waals surface area contributed by atoms with Crippen molar-refractivity contribution in [3.05, 3.63) is 41.9 Å². The van der Waals surface area contributed by atoms with Crippen LogP contribution in [0.1, 0.15) is 18.2 Å². The highest BCUT2D eigenvalue weighted by Crippen LogP contribution is 2.34. The molecule has 0 atom stereocenters. The second-order valence-corrected chi connectivity index (χ2v) is 8.55. The molecule has 0 saturated heterocycles. The number of sulfone groups is 1. The van der Waals surface area contributed by atoms with Crippen molar-refractivity contribution in [1.29, 1.82) is 0 Å². The molecule has 3 heterocycles. The molecule has 3 rings (SSSR count). The lowest BCUT2D eigenvalue weighted by atomic mass is 10.2. The van der Waals surface area contributed by atoms with Crippen LogP contribution in [0.15, 0.2) is 35.5 Å². The fourth-order valence-corrected chi connectivity index (χ4v) is 3.70. The number of aromatic nitrogens is 5. The largest absolute Gasteiger partial charge is 0.433 e. The molecule has 0 saturated carbocycles. The van der Waals surface area contributed by atoms with Crippen LogP contribution >= 0.6 is 0 Å². The molecule has 7 nitrogen and oxygen atoms in total. The van der Waals surface area contributed by atoms with Gasteiger partial charge in [0, 0.05) is 25.0 Å². The number of hydrogen-bond acceptors (Lipinski definition) is 6. The van der Waals surface area contributed by atoms with Crippen molar-refractivity contribution in [1.82, 2.24) is 24.7 Å². The average Bonchev–Trinajstić information content (AvgIpc) is 3.07. The van der Waals surface area contributed by atoms with Crippen LogP contribution < -0.4 is 0 Å². The first-order chi connectivity index (χ1) is 14.3. The molecular formula is C17H13F6N5O2S. The maximum atomic E-state index is 13.1. The van der Waals surface area contributed by atoms with E-state index in [2.05, 4.69) is 20.2 Å². The Labute approximate surface area is 171 Å². The lowest BCUT2D eigenvalue weighted by Crippen LogP contribution is -2.13. The zero-order valence-electron chi connectivity index (χ0n) is 15.8. The fourth-order valence-electron chi connectivity index (χ4n) is 2.64. The average molecular weight is 465 g/mol. The molecular weight excluding hydrogens is 452 g/mol. The zero-order valence-corrected chi connectivity index (χ0v) is 16.6. The van der Waals surface area contributed by atoms with Crippen molar-refractivity contribution in [2.75, 3.05) is 5.75 Å². The summed E-state index contributed by atoms with van der Waals surface area (Å²) >= 11 is 0. The van der Waals surface area contributed by atoms with Crippen molar-refractivity contribution >= 4 is 9.84 Å². The number of rotatable bonds is 4. The quantitative estimate of drug-likeness (QED) is 0.545. The van der Waals surface area contributed by atoms with Gasteiger partial charge in [-0.15, -0.1) is 10.2 Å². The van der Waals surface area contributed by atoms with E-state index in [0.29, 0.717) is 12.3 Å². The maximum Gasteiger partial charge on any atom is 0.433 e. The highest BCUT2D eigenvalue weighted by atomic mass is 32.2. The Kier molecular flexibility index (Phi) is 5.54. The first-order valence-electron chi connectivity index (χ1n) is 8.49. The van der Waals surface area contributed by atoms with Gasteiger partial charge in [0.25, 0.3) is 0 Å². The maximum absolute atomic E-state index is 13.1. The second-order valence-electron chi connectivity index (χ2n) is 6.31. The van der Waals surface area contributed by atoms with Gasteiger partial charge in [0.15, 0.2) is 21.5 Å². The molecule has 31 heavy (non-hydrogen) atoms. The molecule has 0 aliphatic carbocycles. The van der Waals surface area contributed by atoms with Gasteiger partial charge in [-0.25, -0.2) is 8.42 Å². The molecule has 0 spiro atoms. The summed E-state index contributed by atoms with van der Waals surface area (Å²) in [6.45, 7) is 1.26. The van der Waals surface area contributed by atoms with Crippen molar-refractivity contribution in [3.63, 3.8) is 0 Å². The van der Waals surface area contributed by atoms with Crippen LogP contribution in [-0.4, -0.2) is 38.9 Å². The number of alkyl halides is 6. The van der Waals surface area contributed by atoms with Crippen LogP contribution in [0.25, 0.3) is 22.9 Å². The minimum Gasteiger partial charge on any atom is -0.309 e. The molecule has 0 aliphatic rings. The molecule has 0 fully saturated rings. The van der Waals surface area contributed by atoms with E-state index in [-0.39, 0.29) is 22.9 Å². The zero-order chi connectivity index (χ0) is 23.2. The Bertz CT molecular complexity index is 1220. The molecule has 3 aromatic heterocycles. The summed E-state index contributed by atoms with van der Waals surface area (Å²) in [4.78, 5) is 6.29. The third kappa shape index (κ3) is 4.38. The van der Waals surface area contributed by atoms with Gasteiger partial charge >= 0.3 is 12.4 Å². The highest BCUT2D eigenvalue weighted by Gasteiger charge is 2.35. The molecule has 0 amide bonds. The monoisotopic (exact) mass is 465 g/mol. The van der Waals surface area contributed by atoms with E-state index in [1.54, 1.807) is 0 Å². The normalized spacial score (nSPS) is 12.9. The molecule has 0 bridgehead atoms. The van der Waals surface area contributed by atoms with E-state index in [1.807, 2.05) is 0 Å². The summed E-state index contributed by atoms with van der Waals surface area (Å²) in [5.74, 6) is -0.662. The summed E-state index contributed by atoms with van der Waals surface area (Å²) in [6, 6.07) is 2.29. The lowest BCUT2D eigenvalue weighted by Gasteiger charge is -2.12. The van der Waals surface area contributed by atoms with E-state index in [1.165, 1.54) is 18.5 Å². The number of nitrogens with zero attached hydrogens (tertiary/aromatic N) is 5. The van der Waals surface area contributed by atoms with Crippen molar-refractivity contribution < 1.29 is 34.8 Å².